The quantitative estimate of drug-likeness (QED) is 0.872. The molecule has 1 aromatic carbocycles. The molecular weight excluding hydrogens is 288 g/mol. The van der Waals surface area contributed by atoms with Crippen molar-refractivity contribution in [2.24, 2.45) is 4.99 Å². The molecule has 2 rings (SSSR count). The normalized spacial score (nSPS) is 18.8. The topological polar surface area (TPSA) is 73.8 Å². The van der Waals surface area contributed by atoms with Crippen LogP contribution in [0, 0.1) is 0 Å². The van der Waals surface area contributed by atoms with Gasteiger partial charge >= 0.3 is 0 Å². The number of nitrogens with zero attached hydrogens (tertiary/aromatic N) is 2. The van der Waals surface area contributed by atoms with E-state index in [-0.39, 0.29) is 10.9 Å². The average molecular weight is 303 g/mol. The molecule has 19 heavy (non-hydrogen) atoms. The van der Waals surface area contributed by atoms with Crippen LogP contribution in [0.25, 0.3) is 0 Å². The third-order valence-electron chi connectivity index (χ3n) is 2.53. The number of nitrogens with one attached hydrogen (secondary N) is 2. The number of fused-ring (bicyclic) bond motifs is 1. The summed E-state index contributed by atoms with van der Waals surface area (Å²) in [5, 5.41) is 3.31. The monoisotopic (exact) mass is 302 g/mol. The lowest BCUT2D eigenvalue weighted by Crippen LogP contribution is -2.41. The van der Waals surface area contributed by atoms with Crippen molar-refractivity contribution in [3.05, 3.63) is 23.2 Å². The number of benzene rings is 1. The molecule has 0 saturated heterocycles. The summed E-state index contributed by atoms with van der Waals surface area (Å²) in [6.45, 7) is 1.24. The number of aliphatic imine (C=N–C) groups is 1. The first-order chi connectivity index (χ1) is 8.88. The highest BCUT2D eigenvalue weighted by atomic mass is 35.5. The minimum absolute atomic E-state index is 0.131. The summed E-state index contributed by atoms with van der Waals surface area (Å²) in [5.41, 5.74) is 0.478. The Hall–Kier alpha value is -1.31. The van der Waals surface area contributed by atoms with Crippen LogP contribution in [-0.4, -0.2) is 46.5 Å². The number of hydrogen-bond acceptors (Lipinski definition) is 4. The highest BCUT2D eigenvalue weighted by Crippen LogP contribution is 2.27. The summed E-state index contributed by atoms with van der Waals surface area (Å²) in [5.74, 6) is 0.233. The Balaban J connectivity index is 2.26. The number of likely N-dealkylation sites (N-methyl/N-ethyl adjacent to an activating group) is 1. The van der Waals surface area contributed by atoms with Gasteiger partial charge in [-0.2, -0.15) is 0 Å². The first-order valence-corrected chi connectivity index (χ1v) is 7.53. The second-order valence-corrected chi connectivity index (χ2v) is 6.49. The molecular formula is C11H15ClN4O2S. The molecule has 8 heteroatoms. The molecule has 0 bridgehead atoms. The summed E-state index contributed by atoms with van der Waals surface area (Å²) < 4.78 is 26.4. The van der Waals surface area contributed by atoms with E-state index in [1.165, 1.54) is 6.07 Å². The number of guanidine groups is 1. The van der Waals surface area contributed by atoms with Crippen molar-refractivity contribution in [1.29, 1.82) is 0 Å². The molecule has 0 aromatic heterocycles. The number of sulfonamides is 1. The minimum Gasteiger partial charge on any atom is -0.324 e. The van der Waals surface area contributed by atoms with Gasteiger partial charge in [0, 0.05) is 11.6 Å². The van der Waals surface area contributed by atoms with Gasteiger partial charge in [-0.05, 0) is 32.3 Å². The third-order valence-corrected chi connectivity index (χ3v) is 4.15. The second-order valence-electron chi connectivity index (χ2n) is 4.40. The maximum Gasteiger partial charge on any atom is 0.266 e. The van der Waals surface area contributed by atoms with Gasteiger partial charge in [0.2, 0.25) is 5.96 Å². The predicted octanol–water partition coefficient (Wildman–Crippen LogP) is 0.961. The van der Waals surface area contributed by atoms with Gasteiger partial charge in [0.25, 0.3) is 10.0 Å². The van der Waals surface area contributed by atoms with Gasteiger partial charge in [-0.1, -0.05) is 11.6 Å². The molecule has 2 N–H and O–H groups in total. The molecule has 0 spiro atoms. The van der Waals surface area contributed by atoms with E-state index in [2.05, 4.69) is 15.0 Å². The van der Waals surface area contributed by atoms with Gasteiger partial charge in [0.1, 0.15) is 4.90 Å². The van der Waals surface area contributed by atoms with Crippen LogP contribution >= 0.6 is 11.6 Å². The fourth-order valence-electron chi connectivity index (χ4n) is 1.59. The summed E-state index contributed by atoms with van der Waals surface area (Å²) >= 11 is 5.80. The minimum atomic E-state index is -3.61. The van der Waals surface area contributed by atoms with Crippen LogP contribution in [0.4, 0.5) is 5.69 Å². The summed E-state index contributed by atoms with van der Waals surface area (Å²) in [7, 11) is 0.247. The van der Waals surface area contributed by atoms with Crippen LogP contribution in [0.2, 0.25) is 5.02 Å². The van der Waals surface area contributed by atoms with Crippen molar-refractivity contribution in [1.82, 2.24) is 9.62 Å². The van der Waals surface area contributed by atoms with Crippen LogP contribution in [0.5, 0.6) is 0 Å². The van der Waals surface area contributed by atoms with E-state index >= 15 is 0 Å². The molecule has 1 aromatic rings. The van der Waals surface area contributed by atoms with Crippen molar-refractivity contribution in [2.75, 3.05) is 32.5 Å². The lowest BCUT2D eigenvalue weighted by Gasteiger charge is -2.21. The fourth-order valence-corrected chi connectivity index (χ4v) is 3.00. The Bertz CT molecular complexity index is 613. The highest BCUT2D eigenvalue weighted by Gasteiger charge is 2.26. The summed E-state index contributed by atoms with van der Waals surface area (Å²) in [6.07, 6.45) is 0. The van der Waals surface area contributed by atoms with E-state index in [0.717, 1.165) is 6.54 Å². The first kappa shape index (κ1) is 14.1. The maximum atomic E-state index is 12.0. The van der Waals surface area contributed by atoms with E-state index in [1.807, 2.05) is 19.0 Å². The molecule has 0 radical (unpaired) electrons. The van der Waals surface area contributed by atoms with Crippen LogP contribution in [0.15, 0.2) is 28.1 Å². The average Bonchev–Trinajstić information content (AvgIpc) is 2.29. The van der Waals surface area contributed by atoms with Gasteiger partial charge < -0.3 is 10.2 Å². The van der Waals surface area contributed by atoms with Crippen LogP contribution in [0.3, 0.4) is 0 Å². The van der Waals surface area contributed by atoms with Crippen molar-refractivity contribution >= 4 is 33.3 Å². The number of hydrogen-bond donors (Lipinski definition) is 2. The fraction of sp³-hybridized carbons (Fsp3) is 0.364. The van der Waals surface area contributed by atoms with Gasteiger partial charge in [-0.25, -0.2) is 13.1 Å². The summed E-state index contributed by atoms with van der Waals surface area (Å²) in [6, 6.07) is 4.66. The van der Waals surface area contributed by atoms with E-state index in [1.54, 1.807) is 12.1 Å². The Morgan fingerprint density at radius 2 is 2.11 bits per heavy atom. The van der Waals surface area contributed by atoms with Crippen LogP contribution in [0.1, 0.15) is 0 Å². The Labute approximate surface area is 117 Å². The van der Waals surface area contributed by atoms with Crippen molar-refractivity contribution in [2.45, 2.75) is 4.90 Å². The molecule has 6 nitrogen and oxygen atoms in total. The van der Waals surface area contributed by atoms with E-state index in [9.17, 15) is 8.42 Å². The third kappa shape index (κ3) is 3.37. The van der Waals surface area contributed by atoms with Gasteiger partial charge in [0.15, 0.2) is 0 Å². The summed E-state index contributed by atoms with van der Waals surface area (Å²) in [4.78, 5) is 6.28. The van der Waals surface area contributed by atoms with E-state index in [4.69, 9.17) is 11.6 Å². The zero-order valence-electron chi connectivity index (χ0n) is 10.6. The molecule has 104 valence electrons. The van der Waals surface area contributed by atoms with Gasteiger partial charge in [-0.15, -0.1) is 0 Å². The molecule has 0 aliphatic carbocycles. The first-order valence-electron chi connectivity index (χ1n) is 5.67. The Kier molecular flexibility index (Phi) is 3.98. The Morgan fingerprint density at radius 3 is 2.79 bits per heavy atom. The lowest BCUT2D eigenvalue weighted by atomic mass is 10.3. The SMILES string of the molecule is CN(C)CCN=C1Nc2ccc(Cl)cc2S(=O)(=O)N1. The number of rotatable bonds is 3. The molecule has 1 aliphatic rings. The van der Waals surface area contributed by atoms with Crippen LogP contribution in [-0.2, 0) is 10.0 Å². The standard InChI is InChI=1S/C11H15ClN4O2S/c1-16(2)6-5-13-11-14-9-4-3-8(12)7-10(9)19(17,18)15-11/h3-4,7H,5-6H2,1-2H3,(H2,13,14,15). The highest BCUT2D eigenvalue weighted by molar-refractivity contribution is 7.90. The molecule has 1 heterocycles. The van der Waals surface area contributed by atoms with Crippen molar-refractivity contribution < 1.29 is 8.42 Å². The van der Waals surface area contributed by atoms with Gasteiger partial charge in [-0.3, -0.25) is 4.99 Å². The van der Waals surface area contributed by atoms with Crippen LogP contribution < -0.4 is 10.0 Å². The number of anilines is 1. The van der Waals surface area contributed by atoms with E-state index < -0.39 is 10.0 Å². The second kappa shape index (κ2) is 5.36. The predicted molar refractivity (Wildman–Crippen MR) is 76.3 cm³/mol. The Morgan fingerprint density at radius 1 is 1.37 bits per heavy atom. The molecule has 1 aliphatic heterocycles. The van der Waals surface area contributed by atoms with Crippen molar-refractivity contribution in [3.63, 3.8) is 0 Å². The van der Waals surface area contributed by atoms with Gasteiger partial charge in [0.05, 0.1) is 12.2 Å². The van der Waals surface area contributed by atoms with E-state index in [0.29, 0.717) is 17.3 Å². The maximum absolute atomic E-state index is 12.0. The lowest BCUT2D eigenvalue weighted by molar-refractivity contribution is 0.420. The molecule has 0 unspecified atom stereocenters. The molecule has 0 fully saturated rings. The molecule has 0 saturated carbocycles. The number of halogens is 1. The smallest absolute Gasteiger partial charge is 0.266 e. The molecule has 0 amide bonds. The zero-order chi connectivity index (χ0) is 14.0. The largest absolute Gasteiger partial charge is 0.324 e. The zero-order valence-corrected chi connectivity index (χ0v) is 12.2. The van der Waals surface area contributed by atoms with Crippen molar-refractivity contribution in [3.8, 4) is 0 Å². The molecule has 0 atom stereocenters.